The molecule has 6 heteroatoms. The first-order valence-electron chi connectivity index (χ1n) is 4.25. The Labute approximate surface area is 104 Å². The van der Waals surface area contributed by atoms with E-state index in [0.717, 1.165) is 6.42 Å². The number of alkyl halides is 2. The molecule has 0 aromatic carbocycles. The normalized spacial score (nSPS) is 29.7. The lowest BCUT2D eigenvalue weighted by atomic mass is 10.1. The highest BCUT2D eigenvalue weighted by molar-refractivity contribution is 9.27. The number of halogens is 2. The molecule has 3 atom stereocenters. The van der Waals surface area contributed by atoms with Crippen molar-refractivity contribution in [1.29, 1.82) is 0 Å². The minimum Gasteiger partial charge on any atom is -0.378 e. The first kappa shape index (κ1) is 13.1. The molecular formula is C8H14Br2O3S. The number of hydrogen-bond donors (Lipinski definition) is 1. The van der Waals surface area contributed by atoms with E-state index in [0.29, 0.717) is 5.92 Å². The van der Waals surface area contributed by atoms with Crippen molar-refractivity contribution in [2.45, 2.75) is 28.9 Å². The van der Waals surface area contributed by atoms with Crippen molar-refractivity contribution in [3.63, 3.8) is 0 Å². The zero-order valence-electron chi connectivity index (χ0n) is 8.29. The van der Waals surface area contributed by atoms with Gasteiger partial charge in [-0.15, -0.1) is 0 Å². The summed E-state index contributed by atoms with van der Waals surface area (Å²) in [6.07, 6.45) is 0.713. The van der Waals surface area contributed by atoms with Gasteiger partial charge in [0.15, 0.2) is 11.1 Å². The second-order valence-electron chi connectivity index (χ2n) is 4.27. The largest absolute Gasteiger partial charge is 0.378 e. The third-order valence-electron chi connectivity index (χ3n) is 2.77. The number of rotatable bonds is 4. The fourth-order valence-electron chi connectivity index (χ4n) is 1.66. The third kappa shape index (κ3) is 2.40. The molecule has 1 aliphatic rings. The number of hydrogen-bond acceptors (Lipinski definition) is 2. The van der Waals surface area contributed by atoms with Crippen molar-refractivity contribution in [1.82, 2.24) is 0 Å². The summed E-state index contributed by atoms with van der Waals surface area (Å²) in [6, 6.07) is 0. The summed E-state index contributed by atoms with van der Waals surface area (Å²) >= 11 is 4.40. The molecule has 0 radical (unpaired) electrons. The minimum atomic E-state index is -2.01. The van der Waals surface area contributed by atoms with Crippen LogP contribution in [0.4, 0.5) is 0 Å². The first-order chi connectivity index (χ1) is 6.23. The van der Waals surface area contributed by atoms with Crippen LogP contribution in [0.1, 0.15) is 20.3 Å². The van der Waals surface area contributed by atoms with Crippen LogP contribution in [0, 0.1) is 11.3 Å². The van der Waals surface area contributed by atoms with Gasteiger partial charge in [-0.05, 0) is 17.8 Å². The molecule has 0 saturated heterocycles. The highest BCUT2D eigenvalue weighted by atomic mass is 79.9. The van der Waals surface area contributed by atoms with E-state index in [1.54, 1.807) is 7.11 Å². The standard InChI is InChI=1S/C8H14Br2O3S/c1-7(2)4-5(7)6(13-3)8(9,10)14(11)12/h5-6H,4H2,1-3H3,(H,11,12). The van der Waals surface area contributed by atoms with E-state index in [-0.39, 0.29) is 11.5 Å². The predicted molar refractivity (Wildman–Crippen MR) is 64.0 cm³/mol. The summed E-state index contributed by atoms with van der Waals surface area (Å²) < 4.78 is 24.5. The lowest BCUT2D eigenvalue weighted by molar-refractivity contribution is 0.0820. The Hall–Kier alpha value is 1.03. The number of ether oxygens (including phenoxy) is 1. The van der Waals surface area contributed by atoms with Crippen molar-refractivity contribution in [3.8, 4) is 0 Å². The smallest absolute Gasteiger partial charge is 0.206 e. The maximum Gasteiger partial charge on any atom is 0.206 e. The van der Waals surface area contributed by atoms with E-state index >= 15 is 0 Å². The Morgan fingerprint density at radius 1 is 1.64 bits per heavy atom. The van der Waals surface area contributed by atoms with E-state index in [4.69, 9.17) is 9.29 Å². The Bertz CT molecular complexity index is 255. The maximum atomic E-state index is 11.1. The molecule has 0 spiro atoms. The predicted octanol–water partition coefficient (Wildman–Crippen LogP) is 2.71. The monoisotopic (exact) mass is 348 g/mol. The molecule has 1 N–H and O–H groups in total. The number of methoxy groups -OCH3 is 1. The van der Waals surface area contributed by atoms with Gasteiger partial charge in [-0.2, -0.15) is 0 Å². The first-order valence-corrected chi connectivity index (χ1v) is 6.94. The zero-order chi connectivity index (χ0) is 11.1. The van der Waals surface area contributed by atoms with Crippen molar-refractivity contribution in [2.24, 2.45) is 11.3 Å². The van der Waals surface area contributed by atoms with Gasteiger partial charge in [-0.25, -0.2) is 4.21 Å². The lowest BCUT2D eigenvalue weighted by Gasteiger charge is -2.27. The van der Waals surface area contributed by atoms with Gasteiger partial charge in [-0.1, -0.05) is 45.7 Å². The molecule has 0 bridgehead atoms. The molecule has 3 nitrogen and oxygen atoms in total. The van der Waals surface area contributed by atoms with Gasteiger partial charge in [0.25, 0.3) is 0 Å². The summed E-state index contributed by atoms with van der Waals surface area (Å²) in [5, 5.41) is 0. The van der Waals surface area contributed by atoms with Gasteiger partial charge >= 0.3 is 0 Å². The van der Waals surface area contributed by atoms with Crippen LogP contribution >= 0.6 is 31.9 Å². The topological polar surface area (TPSA) is 46.5 Å². The molecule has 1 rings (SSSR count). The quantitative estimate of drug-likeness (QED) is 0.627. The lowest BCUT2D eigenvalue weighted by Crippen LogP contribution is -2.38. The summed E-state index contributed by atoms with van der Waals surface area (Å²) in [7, 11) is 1.56. The van der Waals surface area contributed by atoms with Gasteiger partial charge in [0.05, 0.1) is 6.10 Å². The average Bonchev–Trinajstić information content (AvgIpc) is 2.60. The van der Waals surface area contributed by atoms with Crippen LogP contribution in [0.15, 0.2) is 0 Å². The SMILES string of the molecule is COC(C1CC1(C)C)C(Br)(Br)S(=O)O. The Morgan fingerprint density at radius 2 is 2.07 bits per heavy atom. The van der Waals surface area contributed by atoms with Crippen molar-refractivity contribution in [2.75, 3.05) is 7.11 Å². The Balaban J connectivity index is 2.78. The van der Waals surface area contributed by atoms with Gasteiger partial charge in [0.2, 0.25) is 2.57 Å². The summed E-state index contributed by atoms with van der Waals surface area (Å²) in [6.45, 7) is 4.25. The fraction of sp³-hybridized carbons (Fsp3) is 1.00. The molecule has 14 heavy (non-hydrogen) atoms. The Kier molecular flexibility index (Phi) is 3.86. The van der Waals surface area contributed by atoms with E-state index in [1.807, 2.05) is 0 Å². The van der Waals surface area contributed by atoms with E-state index < -0.39 is 13.6 Å². The van der Waals surface area contributed by atoms with E-state index in [1.165, 1.54) is 0 Å². The van der Waals surface area contributed by atoms with Gasteiger partial charge in [-0.3, -0.25) is 0 Å². The highest BCUT2D eigenvalue weighted by Crippen LogP contribution is 2.58. The van der Waals surface area contributed by atoms with Crippen LogP contribution in [-0.4, -0.2) is 24.5 Å². The minimum absolute atomic E-state index is 0.201. The van der Waals surface area contributed by atoms with Gasteiger partial charge in [0, 0.05) is 7.11 Å². The summed E-state index contributed by atoms with van der Waals surface area (Å²) in [5.41, 5.74) is 0.201. The zero-order valence-corrected chi connectivity index (χ0v) is 12.3. The molecule has 0 heterocycles. The van der Waals surface area contributed by atoms with Crippen LogP contribution in [0.3, 0.4) is 0 Å². The molecular weight excluding hydrogens is 336 g/mol. The van der Waals surface area contributed by atoms with Crippen molar-refractivity contribution in [3.05, 3.63) is 0 Å². The van der Waals surface area contributed by atoms with Crippen LogP contribution < -0.4 is 0 Å². The fourth-order valence-corrected chi connectivity index (χ4v) is 3.13. The van der Waals surface area contributed by atoms with Gasteiger partial charge in [0.1, 0.15) is 0 Å². The van der Waals surface area contributed by atoms with Crippen LogP contribution in [-0.2, 0) is 15.8 Å². The maximum absolute atomic E-state index is 11.1. The molecule has 1 saturated carbocycles. The van der Waals surface area contributed by atoms with Crippen LogP contribution in [0.25, 0.3) is 0 Å². The second-order valence-corrected chi connectivity index (χ2v) is 10.0. The molecule has 1 aliphatic carbocycles. The average molecular weight is 350 g/mol. The molecule has 0 amide bonds. The third-order valence-corrected chi connectivity index (χ3v) is 6.04. The van der Waals surface area contributed by atoms with Crippen LogP contribution in [0.5, 0.6) is 0 Å². The molecule has 1 fully saturated rings. The highest BCUT2D eigenvalue weighted by Gasteiger charge is 2.58. The molecule has 0 aliphatic heterocycles. The summed E-state index contributed by atoms with van der Waals surface area (Å²) in [5.74, 6) is 0.308. The summed E-state index contributed by atoms with van der Waals surface area (Å²) in [4.78, 5) is 0. The molecule has 0 aromatic heterocycles. The molecule has 3 unspecified atom stereocenters. The van der Waals surface area contributed by atoms with E-state index in [9.17, 15) is 4.21 Å². The van der Waals surface area contributed by atoms with Crippen LogP contribution in [0.2, 0.25) is 0 Å². The molecule has 0 aromatic rings. The van der Waals surface area contributed by atoms with E-state index in [2.05, 4.69) is 45.7 Å². The second kappa shape index (κ2) is 4.13. The van der Waals surface area contributed by atoms with Crippen molar-refractivity contribution >= 4 is 42.9 Å². The van der Waals surface area contributed by atoms with Gasteiger partial charge < -0.3 is 9.29 Å². The molecule has 84 valence electrons. The Morgan fingerprint density at radius 3 is 2.29 bits per heavy atom. The van der Waals surface area contributed by atoms with Crippen molar-refractivity contribution < 1.29 is 13.5 Å².